The van der Waals surface area contributed by atoms with Gasteiger partial charge in [0.15, 0.2) is 0 Å². The van der Waals surface area contributed by atoms with E-state index in [0.29, 0.717) is 21.5 Å². The van der Waals surface area contributed by atoms with Crippen molar-refractivity contribution in [2.75, 3.05) is 0 Å². The van der Waals surface area contributed by atoms with Gasteiger partial charge in [-0.1, -0.05) is 243 Å². The molecule has 0 aromatic heterocycles. The maximum atomic E-state index is 13.0. The summed E-state index contributed by atoms with van der Waals surface area (Å²) in [6.07, 6.45) is 0.276. The predicted molar refractivity (Wildman–Crippen MR) is 384 cm³/mol. The predicted octanol–water partition coefficient (Wildman–Crippen LogP) is 12.5. The summed E-state index contributed by atoms with van der Waals surface area (Å²) < 4.78 is 0. The molecule has 22 heteroatoms. The van der Waals surface area contributed by atoms with Gasteiger partial charge < -0.3 is 20.4 Å². The second kappa shape index (κ2) is 31.9. The molecule has 0 spiro atoms. The van der Waals surface area contributed by atoms with Gasteiger partial charge in [-0.05, 0) is 89.6 Å². The number of carbonyl (C=O) groups excluding carboxylic acids is 8. The zero-order chi connectivity index (χ0) is 73.0. The largest absolute Gasteiger partial charge is 0.480 e. The molecule has 4 aliphatic rings. The van der Waals surface area contributed by atoms with Crippen LogP contribution in [-0.2, 0) is 83.8 Å². The van der Waals surface area contributed by atoms with Crippen LogP contribution in [0.5, 0.6) is 0 Å². The van der Waals surface area contributed by atoms with Crippen LogP contribution in [0.2, 0.25) is 0 Å². The van der Waals surface area contributed by atoms with Crippen LogP contribution in [0, 0.1) is 0 Å². The SMILES string of the molecule is O=C(O)[C@H](Cc1ccccc1)N1C(=O)c2ccc3ccccc3c2C1=O.O=C(O)[C@H](Cc1ccccc1)N1C(=O)c2ccc3ccccc3c2C1=O.O=C(O)[C@H](Cc1ccccc1)N1C(=O)c2ccc3ccccc3c2C1=O.O=C(O)[C@H](Cc1ccccc1)N1C(=O)c2ccc3ccccc3c2C1=O.[Rh].[Rh]. The average Bonchev–Trinajstić information content (AvgIpc) is 1.62. The van der Waals surface area contributed by atoms with Gasteiger partial charge in [0.05, 0.1) is 44.5 Å². The molecule has 4 atom stereocenters. The molecular formula is C84H60N4O16Rh2. The number of aliphatic carboxylic acids is 4. The van der Waals surface area contributed by atoms with Crippen molar-refractivity contribution in [3.63, 3.8) is 0 Å². The third kappa shape index (κ3) is 14.4. The van der Waals surface area contributed by atoms with Crippen LogP contribution >= 0.6 is 0 Å². The monoisotopic (exact) mass is 1590 g/mol. The first kappa shape index (κ1) is 74.6. The minimum absolute atomic E-state index is 0. The van der Waals surface area contributed by atoms with E-state index in [2.05, 4.69) is 0 Å². The normalized spacial score (nSPS) is 14.3. The molecule has 0 unspecified atom stereocenters. The molecule has 4 N–H and O–H groups in total. The third-order valence-corrected chi connectivity index (χ3v) is 18.7. The van der Waals surface area contributed by atoms with Crippen molar-refractivity contribution in [2.24, 2.45) is 0 Å². The Bertz CT molecular complexity index is 4870. The Morgan fingerprint density at radius 3 is 0.575 bits per heavy atom. The van der Waals surface area contributed by atoms with E-state index in [-0.39, 0.29) is 109 Å². The van der Waals surface area contributed by atoms with Crippen LogP contribution in [0.4, 0.5) is 0 Å². The first-order chi connectivity index (χ1) is 50.3. The van der Waals surface area contributed by atoms with Crippen LogP contribution in [0.1, 0.15) is 105 Å². The van der Waals surface area contributed by atoms with Crippen LogP contribution in [-0.4, -0.2) is 135 Å². The maximum absolute atomic E-state index is 13.0. The molecule has 4 aliphatic heterocycles. The summed E-state index contributed by atoms with van der Waals surface area (Å²) >= 11 is 0. The van der Waals surface area contributed by atoms with Crippen LogP contribution in [0.15, 0.2) is 267 Å². The molecule has 0 aliphatic carbocycles. The summed E-state index contributed by atoms with van der Waals surface area (Å²) in [7, 11) is 0. The van der Waals surface area contributed by atoms with Crippen molar-refractivity contribution in [2.45, 2.75) is 49.9 Å². The minimum atomic E-state index is -1.25. The summed E-state index contributed by atoms with van der Waals surface area (Å²) in [5.74, 6) is -9.23. The second-order valence-corrected chi connectivity index (χ2v) is 24.9. The van der Waals surface area contributed by atoms with Crippen molar-refractivity contribution in [1.82, 2.24) is 19.6 Å². The van der Waals surface area contributed by atoms with Crippen molar-refractivity contribution in [3.8, 4) is 0 Å². The number of rotatable bonds is 16. The zero-order valence-electron chi connectivity index (χ0n) is 55.7. The number of carboxylic acid groups (broad SMARTS) is 4. The fourth-order valence-electron chi connectivity index (χ4n) is 13.7. The van der Waals surface area contributed by atoms with Gasteiger partial charge in [0.1, 0.15) is 24.2 Å². The summed E-state index contributed by atoms with van der Waals surface area (Å²) in [4.78, 5) is 154. The number of fused-ring (bicyclic) bond motifs is 12. The molecule has 2 radical (unpaired) electrons. The van der Waals surface area contributed by atoms with Gasteiger partial charge in [-0.3, -0.25) is 58.0 Å². The molecule has 20 nitrogen and oxygen atoms in total. The van der Waals surface area contributed by atoms with E-state index in [1.54, 1.807) is 194 Å². The zero-order valence-corrected chi connectivity index (χ0v) is 59.0. The number of carboxylic acids is 4. The van der Waals surface area contributed by atoms with E-state index in [9.17, 15) is 78.0 Å². The topological polar surface area (TPSA) is 299 Å². The van der Waals surface area contributed by atoms with Gasteiger partial charge in [-0.2, -0.15) is 0 Å². The minimum Gasteiger partial charge on any atom is -0.480 e. The quantitative estimate of drug-likeness (QED) is 0.0516. The van der Waals surface area contributed by atoms with E-state index in [1.165, 1.54) is 0 Å². The standard InChI is InChI=1S/4C21H15NO4.2Rh/c4*23-19-16-11-10-14-8-4-5-9-15(14)18(16)20(24)22(19)17(21(25)26)12-13-6-2-1-3-7-13;;/h4*1-11,17H,12H2,(H,25,26);;/t4*17-;;/m0000../s1. The molecule has 0 saturated carbocycles. The average molecular weight is 1590 g/mol. The molecule has 4 heterocycles. The Morgan fingerprint density at radius 2 is 0.396 bits per heavy atom. The Morgan fingerprint density at radius 1 is 0.226 bits per heavy atom. The van der Waals surface area contributed by atoms with E-state index in [0.717, 1.165) is 63.4 Å². The van der Waals surface area contributed by atoms with E-state index in [1.807, 2.05) is 72.8 Å². The Hall–Kier alpha value is -12.6. The molecule has 0 fully saturated rings. The maximum Gasteiger partial charge on any atom is 0.327 e. The molecule has 12 aromatic rings. The van der Waals surface area contributed by atoms with Crippen molar-refractivity contribution >= 4 is 114 Å². The number of benzene rings is 12. The van der Waals surface area contributed by atoms with Gasteiger partial charge in [0.2, 0.25) is 0 Å². The molecular weight excluding hydrogens is 1530 g/mol. The van der Waals surface area contributed by atoms with E-state index in [4.69, 9.17) is 0 Å². The molecule has 0 saturated heterocycles. The van der Waals surface area contributed by atoms with Gasteiger partial charge in [-0.25, -0.2) is 19.2 Å². The number of carbonyl (C=O) groups is 12. The first-order valence-corrected chi connectivity index (χ1v) is 33.0. The number of nitrogens with zero attached hydrogens (tertiary/aromatic N) is 4. The smallest absolute Gasteiger partial charge is 0.327 e. The third-order valence-electron chi connectivity index (χ3n) is 18.7. The fraction of sp³-hybridized carbons (Fsp3) is 0.0952. The van der Waals surface area contributed by atoms with E-state index >= 15 is 0 Å². The van der Waals surface area contributed by atoms with Gasteiger partial charge in [-0.15, -0.1) is 0 Å². The number of imide groups is 4. The Balaban J connectivity index is 0.000000140. The van der Waals surface area contributed by atoms with E-state index < -0.39 is 95.3 Å². The summed E-state index contributed by atoms with van der Waals surface area (Å²) in [6, 6.07) is 73.5. The fourth-order valence-corrected chi connectivity index (χ4v) is 13.7. The second-order valence-electron chi connectivity index (χ2n) is 24.9. The molecule has 530 valence electrons. The Kier molecular flexibility index (Phi) is 22.5. The molecule has 12 aromatic carbocycles. The molecule has 8 amide bonds. The van der Waals surface area contributed by atoms with Crippen molar-refractivity contribution in [1.29, 1.82) is 0 Å². The summed E-state index contributed by atoms with van der Waals surface area (Å²) in [5, 5.41) is 44.7. The van der Waals surface area contributed by atoms with Gasteiger partial charge in [0, 0.05) is 64.6 Å². The summed E-state index contributed by atoms with van der Waals surface area (Å²) in [6.45, 7) is 0. The van der Waals surface area contributed by atoms with Crippen molar-refractivity contribution < 1.29 is 117 Å². The first-order valence-electron chi connectivity index (χ1n) is 33.0. The van der Waals surface area contributed by atoms with Crippen LogP contribution in [0.3, 0.4) is 0 Å². The number of amides is 8. The van der Waals surface area contributed by atoms with Crippen LogP contribution in [0.25, 0.3) is 43.1 Å². The van der Waals surface area contributed by atoms with Crippen LogP contribution < -0.4 is 0 Å². The summed E-state index contributed by atoms with van der Waals surface area (Å²) in [5.41, 5.74) is 5.17. The molecule has 16 rings (SSSR count). The Labute approximate surface area is 630 Å². The number of hydrogen-bond acceptors (Lipinski definition) is 12. The molecule has 106 heavy (non-hydrogen) atoms. The van der Waals surface area contributed by atoms with Crippen molar-refractivity contribution in [3.05, 3.63) is 334 Å². The van der Waals surface area contributed by atoms with Gasteiger partial charge >= 0.3 is 23.9 Å². The molecule has 0 bridgehead atoms. The number of hydrogen-bond donors (Lipinski definition) is 4. The van der Waals surface area contributed by atoms with Gasteiger partial charge in [0.25, 0.3) is 47.3 Å².